The third-order valence-corrected chi connectivity index (χ3v) is 2.40. The number of hydrogen-bond acceptors (Lipinski definition) is 1. The minimum Gasteiger partial charge on any atom is -0.337 e. The summed E-state index contributed by atoms with van der Waals surface area (Å²) < 4.78 is 1.94. The lowest BCUT2D eigenvalue weighted by atomic mass is 10.2. The average molecular weight is 182 g/mol. The zero-order chi connectivity index (χ0) is 8.55. The number of carbonyl (C=O) groups is 1. The van der Waals surface area contributed by atoms with E-state index >= 15 is 0 Å². The summed E-state index contributed by atoms with van der Waals surface area (Å²) in [5, 5.41) is 0.745. The van der Waals surface area contributed by atoms with Gasteiger partial charge in [0.05, 0.1) is 16.4 Å². The van der Waals surface area contributed by atoms with Gasteiger partial charge in [-0.1, -0.05) is 17.7 Å². The molecule has 0 amide bonds. The van der Waals surface area contributed by atoms with Gasteiger partial charge in [-0.05, 0) is 18.6 Å². The maximum absolute atomic E-state index is 10.6. The highest BCUT2D eigenvalue weighted by atomic mass is 35.5. The van der Waals surface area contributed by atoms with Crippen molar-refractivity contribution in [1.29, 1.82) is 0 Å². The summed E-state index contributed by atoms with van der Waals surface area (Å²) in [5.41, 5.74) is 1.65. The van der Waals surface area contributed by atoms with Crippen LogP contribution < -0.4 is 0 Å². The quantitative estimate of drug-likeness (QED) is 0.610. The largest absolute Gasteiger partial charge is 0.337 e. The second kappa shape index (κ2) is 2.79. The molecule has 1 aromatic rings. The highest BCUT2D eigenvalue weighted by Gasteiger charge is 2.12. The van der Waals surface area contributed by atoms with Crippen LogP contribution in [0.1, 0.15) is 22.6 Å². The third kappa shape index (κ3) is 0.994. The molecule has 0 bridgehead atoms. The Morgan fingerprint density at radius 1 is 1.50 bits per heavy atom. The first-order chi connectivity index (χ1) is 5.83. The number of aromatic nitrogens is 1. The maximum Gasteiger partial charge on any atom is 0.166 e. The van der Waals surface area contributed by atoms with Gasteiger partial charge in [-0.25, -0.2) is 0 Å². The SMILES string of the molecule is O=Cc1ccc2n1CCC=C2Cl. The number of nitrogens with zero attached hydrogens (tertiary/aromatic N) is 1. The number of allylic oxidation sites excluding steroid dienone is 1. The second-order valence-corrected chi connectivity index (χ2v) is 3.16. The predicted octanol–water partition coefficient (Wildman–Crippen LogP) is 2.28. The van der Waals surface area contributed by atoms with Gasteiger partial charge in [-0.2, -0.15) is 0 Å². The van der Waals surface area contributed by atoms with Crippen molar-refractivity contribution in [1.82, 2.24) is 4.57 Å². The molecule has 12 heavy (non-hydrogen) atoms. The van der Waals surface area contributed by atoms with Gasteiger partial charge in [0, 0.05) is 6.54 Å². The first kappa shape index (κ1) is 7.62. The monoisotopic (exact) mass is 181 g/mol. The molecule has 1 aromatic heterocycles. The summed E-state index contributed by atoms with van der Waals surface area (Å²) in [6.45, 7) is 0.854. The van der Waals surface area contributed by atoms with Gasteiger partial charge in [0.15, 0.2) is 6.29 Å². The maximum atomic E-state index is 10.6. The first-order valence-corrected chi connectivity index (χ1v) is 4.21. The van der Waals surface area contributed by atoms with Crippen LogP contribution in [-0.4, -0.2) is 10.9 Å². The molecule has 2 nitrogen and oxygen atoms in total. The molecule has 2 rings (SSSR count). The Kier molecular flexibility index (Phi) is 1.77. The second-order valence-electron chi connectivity index (χ2n) is 2.75. The van der Waals surface area contributed by atoms with Gasteiger partial charge in [-0.15, -0.1) is 0 Å². The van der Waals surface area contributed by atoms with Crippen LogP contribution in [-0.2, 0) is 6.54 Å². The predicted molar refractivity (Wildman–Crippen MR) is 48.3 cm³/mol. The molecule has 0 aromatic carbocycles. The van der Waals surface area contributed by atoms with E-state index in [1.165, 1.54) is 0 Å². The van der Waals surface area contributed by atoms with Crippen LogP contribution in [0.5, 0.6) is 0 Å². The van der Waals surface area contributed by atoms with Gasteiger partial charge in [0.1, 0.15) is 0 Å². The minimum atomic E-state index is 0.705. The van der Waals surface area contributed by atoms with Crippen molar-refractivity contribution in [2.75, 3.05) is 0 Å². The summed E-state index contributed by atoms with van der Waals surface area (Å²) in [7, 11) is 0. The van der Waals surface area contributed by atoms with Crippen molar-refractivity contribution in [3.63, 3.8) is 0 Å². The van der Waals surface area contributed by atoms with Crippen molar-refractivity contribution in [2.24, 2.45) is 0 Å². The van der Waals surface area contributed by atoms with Gasteiger partial charge < -0.3 is 4.57 Å². The van der Waals surface area contributed by atoms with E-state index in [2.05, 4.69) is 0 Å². The molecule has 0 saturated carbocycles. The molecule has 0 unspecified atom stereocenters. The van der Waals surface area contributed by atoms with E-state index in [9.17, 15) is 4.79 Å². The van der Waals surface area contributed by atoms with Crippen LogP contribution in [0, 0.1) is 0 Å². The fourth-order valence-corrected chi connectivity index (χ4v) is 1.74. The Hall–Kier alpha value is -1.02. The molecule has 0 saturated heterocycles. The van der Waals surface area contributed by atoms with Crippen LogP contribution in [0.2, 0.25) is 0 Å². The summed E-state index contributed by atoms with van der Waals surface area (Å²) in [4.78, 5) is 10.6. The minimum absolute atomic E-state index is 0.705. The van der Waals surface area contributed by atoms with E-state index in [0.717, 1.165) is 30.0 Å². The number of aldehydes is 1. The lowest BCUT2D eigenvalue weighted by Crippen LogP contribution is -2.07. The molecule has 0 N–H and O–H groups in total. The smallest absolute Gasteiger partial charge is 0.166 e. The lowest BCUT2D eigenvalue weighted by molar-refractivity contribution is 0.111. The van der Waals surface area contributed by atoms with Crippen molar-refractivity contribution < 1.29 is 4.79 Å². The van der Waals surface area contributed by atoms with Crippen LogP contribution in [0.4, 0.5) is 0 Å². The first-order valence-electron chi connectivity index (χ1n) is 3.83. The van der Waals surface area contributed by atoms with E-state index in [1.807, 2.05) is 16.7 Å². The standard InChI is InChI=1S/C9H8ClNO/c10-8-2-1-5-11-7(6-12)3-4-9(8)11/h2-4,6H,1,5H2. The Bertz CT molecular complexity index is 351. The fourth-order valence-electron chi connectivity index (χ4n) is 1.47. The molecule has 0 radical (unpaired) electrons. The summed E-state index contributed by atoms with van der Waals surface area (Å²) in [6.07, 6.45) is 3.74. The molecule has 0 aliphatic carbocycles. The topological polar surface area (TPSA) is 22.0 Å². The Morgan fingerprint density at radius 3 is 3.08 bits per heavy atom. The number of halogens is 1. The summed E-state index contributed by atoms with van der Waals surface area (Å²) >= 11 is 5.94. The van der Waals surface area contributed by atoms with Gasteiger partial charge in [0.25, 0.3) is 0 Å². The van der Waals surface area contributed by atoms with Gasteiger partial charge in [0.2, 0.25) is 0 Å². The highest BCUT2D eigenvalue weighted by molar-refractivity contribution is 6.48. The number of hydrogen-bond donors (Lipinski definition) is 0. The molecule has 1 aliphatic heterocycles. The van der Waals surface area contributed by atoms with Crippen molar-refractivity contribution >= 4 is 22.9 Å². The molecule has 0 fully saturated rings. The molecule has 0 atom stereocenters. The zero-order valence-corrected chi connectivity index (χ0v) is 7.21. The number of carbonyl (C=O) groups excluding carboxylic acids is 1. The zero-order valence-electron chi connectivity index (χ0n) is 6.46. The normalized spacial score (nSPS) is 15.2. The summed E-state index contributed by atoms with van der Waals surface area (Å²) in [5.74, 6) is 0. The highest BCUT2D eigenvalue weighted by Crippen LogP contribution is 2.26. The van der Waals surface area contributed by atoms with Crippen molar-refractivity contribution in [3.8, 4) is 0 Å². The van der Waals surface area contributed by atoms with Crippen molar-refractivity contribution in [2.45, 2.75) is 13.0 Å². The summed E-state index contributed by atoms with van der Waals surface area (Å²) in [6, 6.07) is 3.67. The number of fused-ring (bicyclic) bond motifs is 1. The lowest BCUT2D eigenvalue weighted by Gasteiger charge is -2.13. The van der Waals surface area contributed by atoms with E-state index in [1.54, 1.807) is 6.07 Å². The van der Waals surface area contributed by atoms with Crippen molar-refractivity contribution in [3.05, 3.63) is 29.6 Å². The molecular weight excluding hydrogens is 174 g/mol. The molecule has 0 spiro atoms. The molecule has 2 heterocycles. The Balaban J connectivity index is 2.57. The van der Waals surface area contributed by atoms with Gasteiger partial charge >= 0.3 is 0 Å². The third-order valence-electron chi connectivity index (χ3n) is 2.06. The number of rotatable bonds is 1. The molecule has 3 heteroatoms. The van der Waals surface area contributed by atoms with E-state index in [0.29, 0.717) is 5.69 Å². The van der Waals surface area contributed by atoms with Crippen LogP contribution >= 0.6 is 11.6 Å². The average Bonchev–Trinajstić information content (AvgIpc) is 2.49. The molecule has 62 valence electrons. The van der Waals surface area contributed by atoms with Crippen LogP contribution in [0.15, 0.2) is 18.2 Å². The fraction of sp³-hybridized carbons (Fsp3) is 0.222. The Morgan fingerprint density at radius 2 is 2.33 bits per heavy atom. The van der Waals surface area contributed by atoms with Crippen LogP contribution in [0.25, 0.3) is 5.03 Å². The van der Waals surface area contributed by atoms with E-state index in [4.69, 9.17) is 11.6 Å². The van der Waals surface area contributed by atoms with Crippen LogP contribution in [0.3, 0.4) is 0 Å². The Labute approximate surface area is 75.4 Å². The molecular formula is C9H8ClNO. The molecule has 1 aliphatic rings. The van der Waals surface area contributed by atoms with Gasteiger partial charge in [-0.3, -0.25) is 4.79 Å². The van der Waals surface area contributed by atoms with E-state index < -0.39 is 0 Å². The van der Waals surface area contributed by atoms with E-state index in [-0.39, 0.29) is 0 Å².